The van der Waals surface area contributed by atoms with Gasteiger partial charge in [0.05, 0.1) is 29.5 Å². The first-order valence-corrected chi connectivity index (χ1v) is 22.2. The Bertz CT molecular complexity index is 2560. The van der Waals surface area contributed by atoms with E-state index in [1.54, 1.807) is 0 Å². The average Bonchev–Trinajstić information content (AvgIpc) is 3.65. The van der Waals surface area contributed by atoms with Crippen LogP contribution in [-0.4, -0.2) is 77.3 Å². The highest BCUT2D eigenvalue weighted by Crippen LogP contribution is 2.47. The molecule has 4 aromatic carbocycles. The highest BCUT2D eigenvalue weighted by atomic mass is 32.1. The van der Waals surface area contributed by atoms with E-state index in [0.29, 0.717) is 52.9 Å². The molecular weight excluding hydrogens is 779 g/mol. The van der Waals surface area contributed by atoms with E-state index in [1.807, 2.05) is 77.7 Å². The molecule has 1 saturated carbocycles. The Labute approximate surface area is 352 Å². The fourth-order valence-electron chi connectivity index (χ4n) is 8.52. The number of thiazole rings is 2. The molecule has 0 bridgehead atoms. The van der Waals surface area contributed by atoms with Gasteiger partial charge in [-0.3, -0.25) is 15.0 Å². The van der Waals surface area contributed by atoms with E-state index >= 15 is 0 Å². The van der Waals surface area contributed by atoms with E-state index in [0.717, 1.165) is 93.8 Å². The molecule has 10 nitrogen and oxygen atoms in total. The molecule has 2 fully saturated rings. The molecule has 6 aromatic rings. The minimum atomic E-state index is -1.13. The Morgan fingerprint density at radius 3 is 2.73 bits per heavy atom. The second-order valence-electron chi connectivity index (χ2n) is 16.2. The zero-order valence-corrected chi connectivity index (χ0v) is 34.9. The number of aromatic nitrogens is 2. The summed E-state index contributed by atoms with van der Waals surface area (Å²) >= 11 is 2.70. The van der Waals surface area contributed by atoms with Gasteiger partial charge in [0.2, 0.25) is 0 Å². The van der Waals surface area contributed by atoms with Crippen molar-refractivity contribution in [3.8, 4) is 17.6 Å². The first-order valence-electron chi connectivity index (χ1n) is 20.5. The third-order valence-electron chi connectivity index (χ3n) is 11.5. The first-order chi connectivity index (χ1) is 28.7. The Balaban J connectivity index is 0.822. The summed E-state index contributed by atoms with van der Waals surface area (Å²) in [6.45, 7) is 10.2. The number of rotatable bonds is 12. The van der Waals surface area contributed by atoms with Crippen molar-refractivity contribution in [1.82, 2.24) is 14.9 Å². The summed E-state index contributed by atoms with van der Waals surface area (Å²) in [5, 5.41) is 16.3. The van der Waals surface area contributed by atoms with E-state index in [2.05, 4.69) is 51.9 Å². The number of anilines is 2. The zero-order chi connectivity index (χ0) is 40.5. The lowest BCUT2D eigenvalue weighted by Gasteiger charge is -2.33. The molecule has 0 radical (unpaired) electrons. The van der Waals surface area contributed by atoms with Gasteiger partial charge in [0.25, 0.3) is 5.91 Å². The number of para-hydroxylation sites is 1. The standard InChI is InChI=1S/C47H47N5O5S2/c1-29(2)23-34-26-37(34)40-28-51(20-22-57-40)18-6-21-56-35-15-14-32-24-30(11-13-33(32)25-35)12-16-42-43(45(54)55)49-47(59-42)52-19-17-31-7-5-8-36(38(31)27-52)44(53)50-46-48-39-9-3-4-10-41(39)58-46/h3-5,7-11,13-15,24-25,29,34,37,40H,6,17-23,26-28H2,1-2H3,(H,54,55)(H,48,50,53). The lowest BCUT2D eigenvalue weighted by Crippen LogP contribution is -2.44. The van der Waals surface area contributed by atoms with Gasteiger partial charge in [0.15, 0.2) is 16.0 Å². The molecule has 1 saturated heterocycles. The number of carboxylic acids is 1. The molecule has 0 spiro atoms. The van der Waals surface area contributed by atoms with E-state index in [1.165, 1.54) is 35.5 Å². The van der Waals surface area contributed by atoms with Crippen LogP contribution < -0.4 is 15.0 Å². The van der Waals surface area contributed by atoms with Crippen LogP contribution in [0.4, 0.5) is 10.3 Å². The average molecular weight is 826 g/mol. The number of nitrogens with one attached hydrogen (secondary N) is 1. The zero-order valence-electron chi connectivity index (χ0n) is 33.3. The molecule has 3 aliphatic rings. The fourth-order valence-corrected chi connectivity index (χ4v) is 10.3. The lowest BCUT2D eigenvalue weighted by atomic mass is 9.94. The summed E-state index contributed by atoms with van der Waals surface area (Å²) in [7, 11) is 0. The van der Waals surface area contributed by atoms with Gasteiger partial charge in [-0.15, -0.1) is 0 Å². The van der Waals surface area contributed by atoms with Crippen LogP contribution in [0.2, 0.25) is 0 Å². The number of amides is 1. The molecular formula is C47H47N5O5S2. The van der Waals surface area contributed by atoms with Gasteiger partial charge in [-0.05, 0) is 114 Å². The summed E-state index contributed by atoms with van der Waals surface area (Å²) in [6, 6.07) is 25.6. The number of nitrogens with zero attached hydrogens (tertiary/aromatic N) is 4. The van der Waals surface area contributed by atoms with E-state index < -0.39 is 5.97 Å². The Morgan fingerprint density at radius 1 is 1.00 bits per heavy atom. The summed E-state index contributed by atoms with van der Waals surface area (Å²) in [4.78, 5) is 40.0. The largest absolute Gasteiger partial charge is 0.494 e. The number of benzene rings is 4. The molecule has 1 aliphatic carbocycles. The van der Waals surface area contributed by atoms with Crippen LogP contribution in [0.5, 0.6) is 5.75 Å². The van der Waals surface area contributed by atoms with Crippen LogP contribution >= 0.6 is 22.7 Å². The molecule has 9 rings (SSSR count). The molecule has 2 aliphatic heterocycles. The lowest BCUT2D eigenvalue weighted by molar-refractivity contribution is -0.0428. The Kier molecular flexibility index (Phi) is 11.4. The Hall–Kier alpha value is -5.32. The number of ether oxygens (including phenoxy) is 2. The second-order valence-corrected chi connectivity index (χ2v) is 18.2. The molecule has 302 valence electrons. The molecule has 3 atom stereocenters. The SMILES string of the molecule is CC(C)CC1CC1C1CN(CCCOc2ccc3cc(C#Cc4sc(N5CCc6cccc(C(=O)Nc7nc8ccccc8s7)c6C5)nc4C(=O)O)ccc3c2)CCO1. The molecule has 2 aromatic heterocycles. The summed E-state index contributed by atoms with van der Waals surface area (Å²) in [6.07, 6.45) is 4.68. The van der Waals surface area contributed by atoms with Gasteiger partial charge in [0, 0.05) is 43.9 Å². The predicted octanol–water partition coefficient (Wildman–Crippen LogP) is 8.97. The normalized spacial score (nSPS) is 19.0. The number of hydrogen-bond donors (Lipinski definition) is 2. The van der Waals surface area contributed by atoms with Crippen molar-refractivity contribution < 1.29 is 24.2 Å². The van der Waals surface area contributed by atoms with Crippen molar-refractivity contribution in [3.05, 3.63) is 112 Å². The number of carboxylic acid groups (broad SMARTS) is 1. The van der Waals surface area contributed by atoms with Crippen molar-refractivity contribution in [3.63, 3.8) is 0 Å². The van der Waals surface area contributed by atoms with Gasteiger partial charge in [-0.2, -0.15) is 0 Å². The maximum atomic E-state index is 13.5. The number of aromatic carboxylic acids is 1. The van der Waals surface area contributed by atoms with Crippen molar-refractivity contribution in [2.45, 2.75) is 52.2 Å². The maximum absolute atomic E-state index is 13.5. The van der Waals surface area contributed by atoms with Crippen LogP contribution in [0.15, 0.2) is 78.9 Å². The van der Waals surface area contributed by atoms with Crippen LogP contribution in [0.3, 0.4) is 0 Å². The van der Waals surface area contributed by atoms with Gasteiger partial charge >= 0.3 is 5.97 Å². The van der Waals surface area contributed by atoms with Gasteiger partial charge in [-0.25, -0.2) is 14.8 Å². The summed E-state index contributed by atoms with van der Waals surface area (Å²) < 4.78 is 13.3. The van der Waals surface area contributed by atoms with Crippen molar-refractivity contribution >= 4 is 65.8 Å². The first kappa shape index (κ1) is 39.2. The number of hydrogen-bond acceptors (Lipinski definition) is 10. The highest BCUT2D eigenvalue weighted by molar-refractivity contribution is 7.22. The number of carbonyl (C=O) groups is 2. The monoisotopic (exact) mass is 825 g/mol. The molecule has 4 heterocycles. The third kappa shape index (κ3) is 8.99. The number of fused-ring (bicyclic) bond motifs is 3. The van der Waals surface area contributed by atoms with Crippen LogP contribution in [0, 0.1) is 29.6 Å². The Morgan fingerprint density at radius 2 is 1.86 bits per heavy atom. The predicted molar refractivity (Wildman–Crippen MR) is 235 cm³/mol. The highest BCUT2D eigenvalue weighted by Gasteiger charge is 2.44. The molecule has 59 heavy (non-hydrogen) atoms. The molecule has 2 N–H and O–H groups in total. The minimum absolute atomic E-state index is 0.0700. The van der Waals surface area contributed by atoms with Gasteiger partial charge in [0.1, 0.15) is 10.6 Å². The number of morpholine rings is 1. The molecule has 3 unspecified atom stereocenters. The minimum Gasteiger partial charge on any atom is -0.494 e. The van der Waals surface area contributed by atoms with E-state index in [9.17, 15) is 14.7 Å². The summed E-state index contributed by atoms with van der Waals surface area (Å²) in [5.74, 6) is 8.12. The third-order valence-corrected chi connectivity index (χ3v) is 13.5. The topological polar surface area (TPSA) is 117 Å². The van der Waals surface area contributed by atoms with Crippen LogP contribution in [-0.2, 0) is 17.7 Å². The van der Waals surface area contributed by atoms with Gasteiger partial charge < -0.3 is 19.5 Å². The van der Waals surface area contributed by atoms with Crippen molar-refractivity contribution in [2.24, 2.45) is 17.8 Å². The number of carbonyl (C=O) groups excluding carboxylic acids is 1. The van der Waals surface area contributed by atoms with Crippen LogP contribution in [0.1, 0.15) is 75.5 Å². The summed E-state index contributed by atoms with van der Waals surface area (Å²) in [5.41, 5.74) is 4.10. The van der Waals surface area contributed by atoms with Gasteiger partial charge in [-0.1, -0.05) is 78.8 Å². The van der Waals surface area contributed by atoms with Crippen LogP contribution in [0.25, 0.3) is 21.0 Å². The van der Waals surface area contributed by atoms with E-state index in [4.69, 9.17) is 9.47 Å². The smallest absolute Gasteiger partial charge is 0.356 e. The van der Waals surface area contributed by atoms with E-state index in [-0.39, 0.29) is 11.6 Å². The molecule has 12 heteroatoms. The molecule has 1 amide bonds. The quantitative estimate of drug-likeness (QED) is 0.0922. The van der Waals surface area contributed by atoms with Crippen molar-refractivity contribution in [2.75, 3.05) is 49.6 Å². The second kappa shape index (κ2) is 17.1. The fraction of sp³-hybridized carbons (Fsp3) is 0.362. The van der Waals surface area contributed by atoms with Crippen molar-refractivity contribution in [1.29, 1.82) is 0 Å². The maximum Gasteiger partial charge on any atom is 0.356 e.